The second-order valence-electron chi connectivity index (χ2n) is 2.68. The number of halogens is 1. The van der Waals surface area contributed by atoms with E-state index < -0.39 is 0 Å². The fraction of sp³-hybridized carbons (Fsp3) is 0.111. The van der Waals surface area contributed by atoms with Crippen molar-refractivity contribution in [1.29, 1.82) is 0 Å². The van der Waals surface area contributed by atoms with E-state index in [1.807, 2.05) is 31.2 Å². The molecule has 0 heterocycles. The Morgan fingerprint density at radius 3 is 2.86 bits per heavy atom. The molecule has 0 aliphatic carbocycles. The van der Waals surface area contributed by atoms with Crippen LogP contribution in [-0.4, -0.2) is 10.8 Å². The van der Waals surface area contributed by atoms with Gasteiger partial charge in [0.05, 0.1) is 5.71 Å². The lowest BCUT2D eigenvalue weighted by molar-refractivity contribution is 1.03. The van der Waals surface area contributed by atoms with Crippen molar-refractivity contribution in [2.75, 3.05) is 0 Å². The van der Waals surface area contributed by atoms with E-state index in [0.29, 0.717) is 0 Å². The summed E-state index contributed by atoms with van der Waals surface area (Å²) in [6.07, 6.45) is 0. The average molecular weight is 272 g/mol. The first-order valence-electron chi connectivity index (χ1n) is 3.95. The first kappa shape index (κ1) is 11.1. The highest BCUT2D eigenvalue weighted by Gasteiger charge is 1.97. The maximum Gasteiger partial charge on any atom is 0.184 e. The van der Waals surface area contributed by atoms with Gasteiger partial charge in [-0.05, 0) is 36.8 Å². The quantitative estimate of drug-likeness (QED) is 0.492. The Labute approximate surface area is 96.5 Å². The summed E-state index contributed by atoms with van der Waals surface area (Å²) in [4.78, 5) is 0. The fourth-order valence-electron chi connectivity index (χ4n) is 0.917. The van der Waals surface area contributed by atoms with Crippen LogP contribution >= 0.6 is 28.1 Å². The van der Waals surface area contributed by atoms with E-state index in [2.05, 4.69) is 38.7 Å². The van der Waals surface area contributed by atoms with Crippen molar-refractivity contribution in [2.45, 2.75) is 6.92 Å². The molecule has 14 heavy (non-hydrogen) atoms. The van der Waals surface area contributed by atoms with Gasteiger partial charge in [-0.1, -0.05) is 28.1 Å². The van der Waals surface area contributed by atoms with Crippen molar-refractivity contribution < 1.29 is 0 Å². The zero-order valence-electron chi connectivity index (χ0n) is 7.62. The van der Waals surface area contributed by atoms with Gasteiger partial charge < -0.3 is 5.73 Å². The molecule has 0 aromatic heterocycles. The van der Waals surface area contributed by atoms with Crippen LogP contribution in [-0.2, 0) is 0 Å². The van der Waals surface area contributed by atoms with Crippen molar-refractivity contribution in [2.24, 2.45) is 10.8 Å². The predicted octanol–water partition coefficient (Wildman–Crippen LogP) is 2.01. The average Bonchev–Trinajstić information content (AvgIpc) is 2.14. The van der Waals surface area contributed by atoms with Crippen LogP contribution in [0.2, 0.25) is 0 Å². The van der Waals surface area contributed by atoms with Crippen molar-refractivity contribution >= 4 is 39.0 Å². The number of hydrazone groups is 1. The van der Waals surface area contributed by atoms with Crippen LogP contribution in [0.4, 0.5) is 0 Å². The summed E-state index contributed by atoms with van der Waals surface area (Å²) in [5.74, 6) is 0. The number of thiocarbonyl (C=S) groups is 1. The van der Waals surface area contributed by atoms with Crippen LogP contribution in [0.3, 0.4) is 0 Å². The smallest absolute Gasteiger partial charge is 0.184 e. The van der Waals surface area contributed by atoms with Gasteiger partial charge in [-0.15, -0.1) is 0 Å². The molecule has 0 aliphatic rings. The number of nitrogens with one attached hydrogen (secondary N) is 1. The molecule has 0 bridgehead atoms. The van der Waals surface area contributed by atoms with Crippen LogP contribution in [0, 0.1) is 0 Å². The molecular formula is C9H10BrN3S. The molecular weight excluding hydrogens is 262 g/mol. The maximum atomic E-state index is 5.25. The topological polar surface area (TPSA) is 50.4 Å². The largest absolute Gasteiger partial charge is 0.375 e. The van der Waals surface area contributed by atoms with Crippen LogP contribution < -0.4 is 11.2 Å². The monoisotopic (exact) mass is 271 g/mol. The molecule has 0 saturated carbocycles. The summed E-state index contributed by atoms with van der Waals surface area (Å²) in [5, 5.41) is 4.18. The van der Waals surface area contributed by atoms with Crippen molar-refractivity contribution in [3.05, 3.63) is 34.3 Å². The summed E-state index contributed by atoms with van der Waals surface area (Å²) >= 11 is 8.02. The lowest BCUT2D eigenvalue weighted by Gasteiger charge is -2.01. The number of rotatable bonds is 2. The van der Waals surface area contributed by atoms with E-state index in [1.165, 1.54) is 0 Å². The normalized spacial score (nSPS) is 11.1. The summed E-state index contributed by atoms with van der Waals surface area (Å²) in [6, 6.07) is 7.84. The Kier molecular flexibility index (Phi) is 4.03. The highest BCUT2D eigenvalue weighted by atomic mass is 79.9. The van der Waals surface area contributed by atoms with Crippen LogP contribution in [0.1, 0.15) is 12.5 Å². The van der Waals surface area contributed by atoms with E-state index in [0.717, 1.165) is 15.7 Å². The zero-order valence-corrected chi connectivity index (χ0v) is 10.0. The van der Waals surface area contributed by atoms with Crippen LogP contribution in [0.25, 0.3) is 0 Å². The van der Waals surface area contributed by atoms with E-state index in [1.54, 1.807) is 0 Å². The van der Waals surface area contributed by atoms with Gasteiger partial charge in [-0.3, -0.25) is 5.43 Å². The Balaban J connectivity index is 2.83. The van der Waals surface area contributed by atoms with E-state index >= 15 is 0 Å². The lowest BCUT2D eigenvalue weighted by Crippen LogP contribution is -2.25. The molecule has 5 heteroatoms. The number of nitrogens with two attached hydrogens (primary N) is 1. The molecule has 0 unspecified atom stereocenters. The molecule has 1 rings (SSSR count). The molecule has 3 N–H and O–H groups in total. The second kappa shape index (κ2) is 5.07. The summed E-state index contributed by atoms with van der Waals surface area (Å²) in [7, 11) is 0. The summed E-state index contributed by atoms with van der Waals surface area (Å²) in [5.41, 5.74) is 9.65. The van der Waals surface area contributed by atoms with Crippen LogP contribution in [0.15, 0.2) is 33.8 Å². The summed E-state index contributed by atoms with van der Waals surface area (Å²) in [6.45, 7) is 1.88. The maximum absolute atomic E-state index is 5.25. The Bertz CT molecular complexity index is 376. The third-order valence-electron chi connectivity index (χ3n) is 1.58. The zero-order chi connectivity index (χ0) is 10.6. The van der Waals surface area contributed by atoms with Crippen molar-refractivity contribution in [3.8, 4) is 0 Å². The standard InChI is InChI=1S/C9H10BrN3S/c1-6(12-13-9(11)14)7-3-2-4-8(10)5-7/h2-5H,1H3,(H3,11,13,14)/b12-6+. The van der Waals surface area contributed by atoms with Gasteiger partial charge in [0.25, 0.3) is 0 Å². The first-order chi connectivity index (χ1) is 6.59. The molecule has 0 atom stereocenters. The minimum atomic E-state index is 0.166. The Morgan fingerprint density at radius 1 is 1.57 bits per heavy atom. The number of hydrogen-bond donors (Lipinski definition) is 2. The molecule has 0 fully saturated rings. The van der Waals surface area contributed by atoms with E-state index in [9.17, 15) is 0 Å². The second-order valence-corrected chi connectivity index (χ2v) is 4.04. The molecule has 0 amide bonds. The van der Waals surface area contributed by atoms with Gasteiger partial charge in [0.15, 0.2) is 5.11 Å². The van der Waals surface area contributed by atoms with Gasteiger partial charge in [-0.25, -0.2) is 0 Å². The number of hydrogen-bond acceptors (Lipinski definition) is 2. The molecule has 0 aliphatic heterocycles. The number of nitrogens with zero attached hydrogens (tertiary/aromatic N) is 1. The van der Waals surface area contributed by atoms with Gasteiger partial charge in [0.1, 0.15) is 0 Å². The number of benzene rings is 1. The molecule has 0 spiro atoms. The fourth-order valence-corrected chi connectivity index (χ4v) is 1.36. The SMILES string of the molecule is C/C(=N\NC(N)=S)c1cccc(Br)c1. The van der Waals surface area contributed by atoms with Crippen molar-refractivity contribution in [3.63, 3.8) is 0 Å². The van der Waals surface area contributed by atoms with Crippen LogP contribution in [0.5, 0.6) is 0 Å². The first-order valence-corrected chi connectivity index (χ1v) is 5.15. The van der Waals surface area contributed by atoms with Gasteiger partial charge in [-0.2, -0.15) is 5.10 Å². The highest BCUT2D eigenvalue weighted by molar-refractivity contribution is 9.10. The molecule has 1 aromatic rings. The Morgan fingerprint density at radius 2 is 2.29 bits per heavy atom. The Hall–Kier alpha value is -0.940. The van der Waals surface area contributed by atoms with E-state index in [-0.39, 0.29) is 5.11 Å². The van der Waals surface area contributed by atoms with Gasteiger partial charge in [0, 0.05) is 4.47 Å². The van der Waals surface area contributed by atoms with E-state index in [4.69, 9.17) is 5.73 Å². The molecule has 74 valence electrons. The molecule has 0 saturated heterocycles. The third-order valence-corrected chi connectivity index (χ3v) is 2.16. The lowest BCUT2D eigenvalue weighted by atomic mass is 10.1. The molecule has 3 nitrogen and oxygen atoms in total. The van der Waals surface area contributed by atoms with Gasteiger partial charge >= 0.3 is 0 Å². The van der Waals surface area contributed by atoms with Crippen molar-refractivity contribution in [1.82, 2.24) is 5.43 Å². The van der Waals surface area contributed by atoms with Gasteiger partial charge in [0.2, 0.25) is 0 Å². The third kappa shape index (κ3) is 3.43. The molecule has 0 radical (unpaired) electrons. The summed E-state index contributed by atoms with van der Waals surface area (Å²) < 4.78 is 1.01. The highest BCUT2D eigenvalue weighted by Crippen LogP contribution is 2.12. The molecule has 1 aromatic carbocycles. The minimum Gasteiger partial charge on any atom is -0.375 e. The minimum absolute atomic E-state index is 0.166. The predicted molar refractivity (Wildman–Crippen MR) is 66.3 cm³/mol.